The van der Waals surface area contributed by atoms with Gasteiger partial charge >= 0.3 is 5.97 Å². The number of aliphatic carboxylic acids is 1. The second kappa shape index (κ2) is 7.82. The average Bonchev–Trinajstić information content (AvgIpc) is 2.51. The van der Waals surface area contributed by atoms with Crippen LogP contribution in [-0.4, -0.2) is 30.3 Å². The second-order valence-corrected chi connectivity index (χ2v) is 7.44. The molecule has 1 aliphatic carbocycles. The molecule has 2 rings (SSSR count). The Morgan fingerprint density at radius 3 is 2.48 bits per heavy atom. The Labute approximate surface area is 139 Å². The Hall–Kier alpha value is -1.55. The van der Waals surface area contributed by atoms with Gasteiger partial charge in [0.2, 0.25) is 0 Å². The van der Waals surface area contributed by atoms with Gasteiger partial charge in [-0.3, -0.25) is 4.79 Å². The molecule has 1 fully saturated rings. The summed E-state index contributed by atoms with van der Waals surface area (Å²) in [7, 11) is 0. The molecule has 1 aromatic rings. The van der Waals surface area contributed by atoms with E-state index in [1.54, 1.807) is 0 Å². The molecule has 0 spiro atoms. The van der Waals surface area contributed by atoms with Gasteiger partial charge in [0.05, 0.1) is 5.92 Å². The zero-order chi connectivity index (χ0) is 16.9. The molecule has 0 bridgehead atoms. The van der Waals surface area contributed by atoms with Crippen LogP contribution < -0.4 is 10.1 Å². The van der Waals surface area contributed by atoms with Crippen LogP contribution in [0.2, 0.25) is 0 Å². The molecule has 1 aromatic carbocycles. The molecule has 2 N–H and O–H groups in total. The molecule has 1 saturated carbocycles. The van der Waals surface area contributed by atoms with Crippen molar-refractivity contribution in [2.75, 3.05) is 13.2 Å². The molecule has 0 radical (unpaired) electrons. The van der Waals surface area contributed by atoms with Gasteiger partial charge in [0, 0.05) is 12.6 Å². The fraction of sp³-hybridized carbons (Fsp3) is 0.632. The van der Waals surface area contributed by atoms with Crippen LogP contribution >= 0.6 is 0 Å². The number of para-hydroxylation sites is 1. The van der Waals surface area contributed by atoms with Crippen molar-refractivity contribution in [1.82, 2.24) is 5.32 Å². The molecule has 1 aliphatic rings. The molecule has 0 unspecified atom stereocenters. The highest BCUT2D eigenvalue weighted by atomic mass is 16.5. The molecule has 0 aliphatic heterocycles. The maximum Gasteiger partial charge on any atom is 0.306 e. The number of rotatable bonds is 6. The Balaban J connectivity index is 1.74. The number of benzene rings is 1. The van der Waals surface area contributed by atoms with Gasteiger partial charge in [0.15, 0.2) is 0 Å². The molecule has 0 aromatic heterocycles. The number of ether oxygens (including phenoxy) is 1. The van der Waals surface area contributed by atoms with Gasteiger partial charge in [-0.1, -0.05) is 39.0 Å². The highest BCUT2D eigenvalue weighted by Crippen LogP contribution is 2.30. The molecular weight excluding hydrogens is 290 g/mol. The zero-order valence-electron chi connectivity index (χ0n) is 14.5. The van der Waals surface area contributed by atoms with Crippen LogP contribution in [0.15, 0.2) is 24.3 Å². The molecule has 128 valence electrons. The van der Waals surface area contributed by atoms with Crippen molar-refractivity contribution >= 4 is 5.97 Å². The van der Waals surface area contributed by atoms with Gasteiger partial charge < -0.3 is 15.2 Å². The lowest BCUT2D eigenvalue weighted by Crippen LogP contribution is -2.37. The first-order valence-corrected chi connectivity index (χ1v) is 8.56. The lowest BCUT2D eigenvalue weighted by Gasteiger charge is -2.27. The first-order chi connectivity index (χ1) is 10.9. The van der Waals surface area contributed by atoms with Crippen LogP contribution in [0.1, 0.15) is 52.0 Å². The van der Waals surface area contributed by atoms with Crippen LogP contribution in [0.4, 0.5) is 0 Å². The molecule has 0 amide bonds. The number of hydrogen-bond donors (Lipinski definition) is 2. The quantitative estimate of drug-likeness (QED) is 0.787. The molecule has 0 heterocycles. The predicted molar refractivity (Wildman–Crippen MR) is 92.0 cm³/mol. The van der Waals surface area contributed by atoms with E-state index in [2.05, 4.69) is 32.2 Å². The monoisotopic (exact) mass is 319 g/mol. The predicted octanol–water partition coefficient (Wildman–Crippen LogP) is 3.60. The Morgan fingerprint density at radius 1 is 1.22 bits per heavy atom. The highest BCUT2D eigenvalue weighted by molar-refractivity contribution is 5.70. The van der Waals surface area contributed by atoms with Gasteiger partial charge in [-0.05, 0) is 42.7 Å². The van der Waals surface area contributed by atoms with Crippen molar-refractivity contribution in [2.45, 2.75) is 57.9 Å². The van der Waals surface area contributed by atoms with Crippen LogP contribution in [0.3, 0.4) is 0 Å². The summed E-state index contributed by atoms with van der Waals surface area (Å²) in [5.41, 5.74) is 1.29. The minimum atomic E-state index is -0.648. The smallest absolute Gasteiger partial charge is 0.306 e. The van der Waals surface area contributed by atoms with Gasteiger partial charge in [0.25, 0.3) is 0 Å². The maximum atomic E-state index is 11.0. The molecule has 4 heteroatoms. The molecule has 0 atom stereocenters. The van der Waals surface area contributed by atoms with Gasteiger partial charge in [0.1, 0.15) is 12.4 Å². The van der Waals surface area contributed by atoms with E-state index in [1.807, 2.05) is 18.2 Å². The number of hydrogen-bond acceptors (Lipinski definition) is 3. The fourth-order valence-electron chi connectivity index (χ4n) is 3.18. The largest absolute Gasteiger partial charge is 0.492 e. The third kappa shape index (κ3) is 5.24. The Morgan fingerprint density at radius 2 is 1.87 bits per heavy atom. The van der Waals surface area contributed by atoms with E-state index < -0.39 is 5.97 Å². The number of carbonyl (C=O) groups is 1. The van der Waals surface area contributed by atoms with Crippen molar-refractivity contribution in [1.29, 1.82) is 0 Å². The third-order valence-electron chi connectivity index (χ3n) is 4.56. The standard InChI is InChI=1S/C19H29NO3/c1-19(2,3)16-6-4-5-7-17(16)23-13-12-20-15-10-8-14(9-11-15)18(21)22/h4-7,14-15,20H,8-13H2,1-3H3,(H,21,22). The van der Waals surface area contributed by atoms with Crippen LogP contribution in [0, 0.1) is 5.92 Å². The van der Waals surface area contributed by atoms with Crippen LogP contribution in [0.5, 0.6) is 5.75 Å². The van der Waals surface area contributed by atoms with Crippen molar-refractivity contribution in [3.05, 3.63) is 29.8 Å². The lowest BCUT2D eigenvalue weighted by molar-refractivity contribution is -0.142. The maximum absolute atomic E-state index is 11.0. The molecule has 0 saturated heterocycles. The topological polar surface area (TPSA) is 58.6 Å². The Kier molecular flexibility index (Phi) is 6.05. The fourth-order valence-corrected chi connectivity index (χ4v) is 3.18. The lowest BCUT2D eigenvalue weighted by atomic mass is 9.86. The van der Waals surface area contributed by atoms with Crippen molar-refractivity contribution in [3.63, 3.8) is 0 Å². The summed E-state index contributed by atoms with van der Waals surface area (Å²) in [5.74, 6) is 0.157. The summed E-state index contributed by atoms with van der Waals surface area (Å²) in [6, 6.07) is 8.62. The molecular formula is C19H29NO3. The van der Waals surface area contributed by atoms with Crippen LogP contribution in [-0.2, 0) is 10.2 Å². The number of carboxylic acid groups (broad SMARTS) is 1. The minimum absolute atomic E-state index is 0.0687. The minimum Gasteiger partial charge on any atom is -0.492 e. The van der Waals surface area contributed by atoms with E-state index in [0.717, 1.165) is 38.0 Å². The summed E-state index contributed by atoms with van der Waals surface area (Å²) in [6.45, 7) is 7.99. The Bertz CT molecular complexity index is 514. The summed E-state index contributed by atoms with van der Waals surface area (Å²) in [5, 5.41) is 12.5. The van der Waals surface area contributed by atoms with Crippen molar-refractivity contribution < 1.29 is 14.6 Å². The molecule has 4 nitrogen and oxygen atoms in total. The van der Waals surface area contributed by atoms with E-state index in [1.165, 1.54) is 5.56 Å². The second-order valence-electron chi connectivity index (χ2n) is 7.44. The summed E-state index contributed by atoms with van der Waals surface area (Å²) < 4.78 is 5.96. The van der Waals surface area contributed by atoms with Gasteiger partial charge in [-0.15, -0.1) is 0 Å². The summed E-state index contributed by atoms with van der Waals surface area (Å²) in [6.07, 6.45) is 3.44. The van der Waals surface area contributed by atoms with Gasteiger partial charge in [-0.2, -0.15) is 0 Å². The van der Waals surface area contributed by atoms with E-state index >= 15 is 0 Å². The van der Waals surface area contributed by atoms with Crippen molar-refractivity contribution in [2.24, 2.45) is 5.92 Å². The van der Waals surface area contributed by atoms with Gasteiger partial charge in [-0.25, -0.2) is 0 Å². The van der Waals surface area contributed by atoms with E-state index in [9.17, 15) is 4.79 Å². The average molecular weight is 319 g/mol. The number of nitrogens with one attached hydrogen (secondary N) is 1. The zero-order valence-corrected chi connectivity index (χ0v) is 14.5. The van der Waals surface area contributed by atoms with Crippen molar-refractivity contribution in [3.8, 4) is 5.75 Å². The first-order valence-electron chi connectivity index (χ1n) is 8.56. The highest BCUT2D eigenvalue weighted by Gasteiger charge is 2.25. The normalized spacial score (nSPS) is 21.9. The molecule has 23 heavy (non-hydrogen) atoms. The third-order valence-corrected chi connectivity index (χ3v) is 4.56. The van der Waals surface area contributed by atoms with E-state index in [4.69, 9.17) is 9.84 Å². The number of carboxylic acids is 1. The van der Waals surface area contributed by atoms with E-state index in [0.29, 0.717) is 12.6 Å². The van der Waals surface area contributed by atoms with E-state index in [-0.39, 0.29) is 11.3 Å². The summed E-state index contributed by atoms with van der Waals surface area (Å²) in [4.78, 5) is 11.0. The van der Waals surface area contributed by atoms with Crippen LogP contribution in [0.25, 0.3) is 0 Å². The first kappa shape index (κ1) is 17.8. The SMILES string of the molecule is CC(C)(C)c1ccccc1OCCNC1CCC(C(=O)O)CC1. The summed E-state index contributed by atoms with van der Waals surface area (Å²) >= 11 is 0.